The summed E-state index contributed by atoms with van der Waals surface area (Å²) >= 11 is 0. The molecule has 0 amide bonds. The lowest BCUT2D eigenvalue weighted by Crippen LogP contribution is -2.30. The molecule has 0 heterocycles. The van der Waals surface area contributed by atoms with Crippen molar-refractivity contribution < 1.29 is 28.6 Å². The van der Waals surface area contributed by atoms with E-state index in [0.717, 1.165) is 63.7 Å². The van der Waals surface area contributed by atoms with Gasteiger partial charge in [0.25, 0.3) is 0 Å². The summed E-state index contributed by atoms with van der Waals surface area (Å²) in [6.45, 7) is 8.96. The molecular weight excluding hydrogens is 648 g/mol. The summed E-state index contributed by atoms with van der Waals surface area (Å²) in [4.78, 5) is 37.7. The second kappa shape index (κ2) is 40.6. The molecule has 0 aromatic carbocycles. The number of carbonyl (C=O) groups excluding carboxylic acids is 3. The molecule has 0 unspecified atom stereocenters. The maximum absolute atomic E-state index is 12.7. The minimum atomic E-state index is -0.758. The van der Waals surface area contributed by atoms with Crippen molar-refractivity contribution >= 4 is 17.9 Å². The Morgan fingerprint density at radius 3 is 0.942 bits per heavy atom. The van der Waals surface area contributed by atoms with Gasteiger partial charge in [-0.25, -0.2) is 0 Å². The maximum Gasteiger partial charge on any atom is 0.306 e. The SMILES string of the molecule is CCCCCCCCCCCCCCC(=O)OC[C@@H](COC(=O)CCCCCCCCCCCC(C)C)OC(=O)CCCCCCCCCCCC. The number of hydrogen-bond donors (Lipinski definition) is 0. The van der Waals surface area contributed by atoms with Crippen LogP contribution in [0.2, 0.25) is 0 Å². The number of ether oxygens (including phenoxy) is 3. The van der Waals surface area contributed by atoms with Crippen molar-refractivity contribution in [3.63, 3.8) is 0 Å². The van der Waals surface area contributed by atoms with Crippen LogP contribution in [0.3, 0.4) is 0 Å². The standard InChI is InChI=1S/C46H88O6/c1-5-7-9-11-13-15-17-18-22-25-29-33-37-44(47)50-40-43(52-46(49)39-35-31-27-21-16-14-12-10-8-6-2)41-51-45(48)38-34-30-26-23-19-20-24-28-32-36-42(3)4/h42-43H,5-41H2,1-4H3/t43-/m0/s1. The summed E-state index contributed by atoms with van der Waals surface area (Å²) in [5.41, 5.74) is 0. The van der Waals surface area contributed by atoms with Crippen molar-refractivity contribution in [2.75, 3.05) is 13.2 Å². The molecule has 0 aromatic heterocycles. The van der Waals surface area contributed by atoms with Crippen molar-refractivity contribution in [1.29, 1.82) is 0 Å². The number of unbranched alkanes of at least 4 members (excludes halogenated alkanes) is 28. The Morgan fingerprint density at radius 2 is 0.635 bits per heavy atom. The Balaban J connectivity index is 4.32. The van der Waals surface area contributed by atoms with E-state index < -0.39 is 6.10 Å². The number of hydrogen-bond acceptors (Lipinski definition) is 6. The third-order valence-electron chi connectivity index (χ3n) is 10.3. The molecule has 1 atom stereocenters. The van der Waals surface area contributed by atoms with Gasteiger partial charge >= 0.3 is 17.9 Å². The lowest BCUT2D eigenvalue weighted by Gasteiger charge is -2.18. The molecule has 0 rings (SSSR count). The van der Waals surface area contributed by atoms with E-state index in [-0.39, 0.29) is 31.1 Å². The van der Waals surface area contributed by atoms with E-state index in [0.29, 0.717) is 19.3 Å². The Kier molecular flexibility index (Phi) is 39.4. The Labute approximate surface area is 323 Å². The molecule has 0 N–H and O–H groups in total. The van der Waals surface area contributed by atoms with Crippen molar-refractivity contribution in [1.82, 2.24) is 0 Å². The number of rotatable bonds is 41. The van der Waals surface area contributed by atoms with Gasteiger partial charge in [0.2, 0.25) is 0 Å². The first kappa shape index (κ1) is 50.4. The largest absolute Gasteiger partial charge is 0.462 e. The van der Waals surface area contributed by atoms with Crippen LogP contribution in [0.25, 0.3) is 0 Å². The lowest BCUT2D eigenvalue weighted by atomic mass is 10.0. The van der Waals surface area contributed by atoms with Crippen LogP contribution in [-0.4, -0.2) is 37.2 Å². The highest BCUT2D eigenvalue weighted by atomic mass is 16.6. The molecule has 0 bridgehead atoms. The first-order valence-corrected chi connectivity index (χ1v) is 22.9. The van der Waals surface area contributed by atoms with E-state index in [9.17, 15) is 14.4 Å². The van der Waals surface area contributed by atoms with Crippen molar-refractivity contribution in [2.24, 2.45) is 5.92 Å². The molecular formula is C46H88O6. The van der Waals surface area contributed by atoms with Gasteiger partial charge < -0.3 is 14.2 Å². The van der Waals surface area contributed by atoms with Gasteiger partial charge in [-0.2, -0.15) is 0 Å². The van der Waals surface area contributed by atoms with Gasteiger partial charge in [-0.15, -0.1) is 0 Å². The predicted octanol–water partition coefficient (Wildman–Crippen LogP) is 14.3. The summed E-state index contributed by atoms with van der Waals surface area (Å²) in [5.74, 6) is -0.0471. The molecule has 6 heteroatoms. The summed E-state index contributed by atoms with van der Waals surface area (Å²) in [5, 5.41) is 0. The molecule has 308 valence electrons. The second-order valence-electron chi connectivity index (χ2n) is 16.2. The lowest BCUT2D eigenvalue weighted by molar-refractivity contribution is -0.167. The van der Waals surface area contributed by atoms with E-state index in [4.69, 9.17) is 14.2 Å². The monoisotopic (exact) mass is 737 g/mol. The van der Waals surface area contributed by atoms with Gasteiger partial charge in [0.05, 0.1) is 0 Å². The zero-order valence-corrected chi connectivity index (χ0v) is 35.3. The molecule has 0 aromatic rings. The van der Waals surface area contributed by atoms with Crippen LogP contribution in [0.15, 0.2) is 0 Å². The quantitative estimate of drug-likeness (QED) is 0.0353. The van der Waals surface area contributed by atoms with Crippen molar-refractivity contribution in [3.05, 3.63) is 0 Å². The summed E-state index contributed by atoms with van der Waals surface area (Å²) in [6, 6.07) is 0. The van der Waals surface area contributed by atoms with Gasteiger partial charge in [-0.3, -0.25) is 14.4 Å². The van der Waals surface area contributed by atoms with Gasteiger partial charge in [0.15, 0.2) is 6.10 Å². The Hall–Kier alpha value is -1.59. The molecule has 6 nitrogen and oxygen atoms in total. The van der Waals surface area contributed by atoms with Crippen LogP contribution in [0.5, 0.6) is 0 Å². The zero-order valence-electron chi connectivity index (χ0n) is 35.3. The highest BCUT2D eigenvalue weighted by Gasteiger charge is 2.19. The number of carbonyl (C=O) groups is 3. The van der Waals surface area contributed by atoms with Crippen LogP contribution in [0.4, 0.5) is 0 Å². The first-order chi connectivity index (χ1) is 25.4. The molecule has 0 aliphatic heterocycles. The normalized spacial score (nSPS) is 11.9. The van der Waals surface area contributed by atoms with Crippen LogP contribution >= 0.6 is 0 Å². The molecule has 52 heavy (non-hydrogen) atoms. The molecule has 0 aliphatic carbocycles. The fourth-order valence-electron chi connectivity index (χ4n) is 6.80. The highest BCUT2D eigenvalue weighted by molar-refractivity contribution is 5.71. The van der Waals surface area contributed by atoms with Crippen LogP contribution in [-0.2, 0) is 28.6 Å². The van der Waals surface area contributed by atoms with Gasteiger partial charge in [0.1, 0.15) is 13.2 Å². The summed E-state index contributed by atoms with van der Waals surface area (Å²) < 4.78 is 16.7. The second-order valence-corrected chi connectivity index (χ2v) is 16.2. The van der Waals surface area contributed by atoms with Gasteiger partial charge in [-0.05, 0) is 25.2 Å². The van der Waals surface area contributed by atoms with E-state index in [1.165, 1.54) is 148 Å². The topological polar surface area (TPSA) is 78.9 Å². The molecule has 0 spiro atoms. The van der Waals surface area contributed by atoms with E-state index in [2.05, 4.69) is 27.7 Å². The van der Waals surface area contributed by atoms with E-state index in [1.54, 1.807) is 0 Å². The van der Waals surface area contributed by atoms with Gasteiger partial charge in [0, 0.05) is 19.3 Å². The smallest absolute Gasteiger partial charge is 0.306 e. The molecule has 0 saturated carbocycles. The minimum absolute atomic E-state index is 0.0639. The molecule has 0 aliphatic rings. The first-order valence-electron chi connectivity index (χ1n) is 22.9. The summed E-state index contributed by atoms with van der Waals surface area (Å²) in [6.07, 6.45) is 39.4. The summed E-state index contributed by atoms with van der Waals surface area (Å²) in [7, 11) is 0. The van der Waals surface area contributed by atoms with Crippen molar-refractivity contribution in [2.45, 2.75) is 259 Å². The van der Waals surface area contributed by atoms with E-state index in [1.807, 2.05) is 0 Å². The van der Waals surface area contributed by atoms with E-state index >= 15 is 0 Å². The Bertz CT molecular complexity index is 781. The van der Waals surface area contributed by atoms with Gasteiger partial charge in [-0.1, -0.05) is 214 Å². The third kappa shape index (κ3) is 39.6. The third-order valence-corrected chi connectivity index (χ3v) is 10.3. The zero-order chi connectivity index (χ0) is 38.2. The molecule has 0 fully saturated rings. The highest BCUT2D eigenvalue weighted by Crippen LogP contribution is 2.16. The van der Waals surface area contributed by atoms with Crippen LogP contribution in [0, 0.1) is 5.92 Å². The van der Waals surface area contributed by atoms with Crippen molar-refractivity contribution in [3.8, 4) is 0 Å². The molecule has 0 radical (unpaired) electrons. The Morgan fingerprint density at radius 1 is 0.365 bits per heavy atom. The average molecular weight is 737 g/mol. The fourth-order valence-corrected chi connectivity index (χ4v) is 6.80. The minimum Gasteiger partial charge on any atom is -0.462 e. The fraction of sp³-hybridized carbons (Fsp3) is 0.935. The van der Waals surface area contributed by atoms with Crippen LogP contribution < -0.4 is 0 Å². The number of esters is 3. The average Bonchev–Trinajstić information content (AvgIpc) is 3.12. The molecule has 0 saturated heterocycles. The van der Waals surface area contributed by atoms with Crippen LogP contribution in [0.1, 0.15) is 252 Å². The predicted molar refractivity (Wildman–Crippen MR) is 220 cm³/mol. The maximum atomic E-state index is 12.7.